The number of rotatable bonds is 16. The Morgan fingerprint density at radius 2 is 1.44 bits per heavy atom. The van der Waals surface area contributed by atoms with Crippen LogP contribution in [-0.2, 0) is 28.5 Å². The van der Waals surface area contributed by atoms with Crippen LogP contribution in [0.15, 0.2) is 12.7 Å². The Balaban J connectivity index is 3.55. The van der Waals surface area contributed by atoms with Crippen molar-refractivity contribution < 1.29 is 33.6 Å². The molecule has 4 unspecified atom stereocenters. The summed E-state index contributed by atoms with van der Waals surface area (Å²) in [5.41, 5.74) is 0. The zero-order chi connectivity index (χ0) is 19.1. The minimum atomic E-state index is -0.474. The van der Waals surface area contributed by atoms with Crippen molar-refractivity contribution in [2.75, 3.05) is 39.6 Å². The molecule has 148 valence electrons. The van der Waals surface area contributed by atoms with Crippen LogP contribution < -0.4 is 0 Å². The van der Waals surface area contributed by atoms with Gasteiger partial charge in [0.05, 0.1) is 57.5 Å². The summed E-state index contributed by atoms with van der Waals surface area (Å²) in [5, 5.41) is 9.15. The number of hydrogen-bond donors (Lipinski definition) is 1. The Morgan fingerprint density at radius 1 is 0.920 bits per heavy atom. The molecule has 0 aromatic rings. The summed E-state index contributed by atoms with van der Waals surface area (Å²) in [5.74, 6) is -0.420. The monoisotopic (exact) mass is 362 g/mol. The van der Waals surface area contributed by atoms with Crippen LogP contribution in [0, 0.1) is 0 Å². The molecule has 25 heavy (non-hydrogen) atoms. The van der Waals surface area contributed by atoms with Gasteiger partial charge in [0.15, 0.2) is 0 Å². The Bertz CT molecular complexity index is 346. The van der Waals surface area contributed by atoms with Crippen LogP contribution in [0.4, 0.5) is 0 Å². The van der Waals surface area contributed by atoms with Crippen LogP contribution in [-0.4, -0.2) is 75.1 Å². The normalized spacial score (nSPS) is 16.0. The van der Waals surface area contributed by atoms with Gasteiger partial charge < -0.3 is 28.8 Å². The molecule has 0 aliphatic rings. The number of esters is 1. The van der Waals surface area contributed by atoms with Crippen molar-refractivity contribution >= 4 is 5.97 Å². The second-order valence-electron chi connectivity index (χ2n) is 6.08. The van der Waals surface area contributed by atoms with Crippen LogP contribution in [0.2, 0.25) is 0 Å². The van der Waals surface area contributed by atoms with Gasteiger partial charge in [-0.25, -0.2) is 4.79 Å². The number of carbonyl (C=O) groups excluding carboxylic acids is 1. The molecule has 4 atom stereocenters. The zero-order valence-electron chi connectivity index (χ0n) is 15.9. The maximum atomic E-state index is 10.8. The Hall–Kier alpha value is -0.990. The first-order valence-electron chi connectivity index (χ1n) is 8.74. The van der Waals surface area contributed by atoms with Crippen molar-refractivity contribution in [3.63, 3.8) is 0 Å². The second kappa shape index (κ2) is 15.3. The van der Waals surface area contributed by atoms with Crippen LogP contribution >= 0.6 is 0 Å². The fourth-order valence-corrected chi connectivity index (χ4v) is 1.69. The van der Waals surface area contributed by atoms with E-state index in [-0.39, 0.29) is 18.3 Å². The van der Waals surface area contributed by atoms with Crippen LogP contribution in [0.5, 0.6) is 0 Å². The van der Waals surface area contributed by atoms with E-state index in [2.05, 4.69) is 6.58 Å². The predicted molar refractivity (Wildman–Crippen MR) is 94.5 cm³/mol. The average molecular weight is 362 g/mol. The molecule has 0 amide bonds. The lowest BCUT2D eigenvalue weighted by Gasteiger charge is -2.20. The first-order valence-corrected chi connectivity index (χ1v) is 8.74. The Morgan fingerprint density at radius 3 is 1.96 bits per heavy atom. The third kappa shape index (κ3) is 16.2. The highest BCUT2D eigenvalue weighted by Crippen LogP contribution is 2.01. The van der Waals surface area contributed by atoms with E-state index < -0.39 is 12.1 Å². The molecule has 0 saturated carbocycles. The summed E-state index contributed by atoms with van der Waals surface area (Å²) in [6.07, 6.45) is 1.12. The maximum Gasteiger partial charge on any atom is 0.330 e. The molecule has 0 rings (SSSR count). The summed E-state index contributed by atoms with van der Waals surface area (Å²) >= 11 is 0. The number of hydrogen-bond acceptors (Lipinski definition) is 7. The van der Waals surface area contributed by atoms with E-state index in [0.29, 0.717) is 46.1 Å². The van der Waals surface area contributed by atoms with Gasteiger partial charge in [0, 0.05) is 19.1 Å². The van der Waals surface area contributed by atoms with Crippen molar-refractivity contribution in [2.45, 2.75) is 58.5 Å². The fraction of sp³-hybridized carbons (Fsp3) is 0.833. The molecule has 0 fully saturated rings. The molecular weight excluding hydrogens is 328 g/mol. The van der Waals surface area contributed by atoms with Gasteiger partial charge >= 0.3 is 5.97 Å². The quantitative estimate of drug-likeness (QED) is 0.254. The first kappa shape index (κ1) is 24.0. The average Bonchev–Trinajstić information content (AvgIpc) is 2.58. The van der Waals surface area contributed by atoms with Gasteiger partial charge in [-0.2, -0.15) is 0 Å². The minimum Gasteiger partial charge on any atom is -0.462 e. The molecule has 0 radical (unpaired) electrons. The molecule has 0 aromatic carbocycles. The third-order valence-electron chi connectivity index (χ3n) is 3.05. The van der Waals surface area contributed by atoms with Gasteiger partial charge in [-0.15, -0.1) is 0 Å². The molecule has 1 N–H and O–H groups in total. The molecule has 0 aromatic heterocycles. The van der Waals surface area contributed by atoms with E-state index in [4.69, 9.17) is 28.8 Å². The summed E-state index contributed by atoms with van der Waals surface area (Å²) in [4.78, 5) is 10.8. The van der Waals surface area contributed by atoms with E-state index in [1.807, 2.05) is 20.8 Å². The van der Waals surface area contributed by atoms with Gasteiger partial charge in [0.25, 0.3) is 0 Å². The van der Waals surface area contributed by atoms with Crippen molar-refractivity contribution in [1.82, 2.24) is 0 Å². The summed E-state index contributed by atoms with van der Waals surface area (Å²) in [7, 11) is 0. The standard InChI is InChI=1S/C18H34O7/c1-6-18(20)22-9-7-8-21-11-15(3)24-13-17(5)25-12-16(4)23-10-14(2)19/h6,14-17,19H,1,7-13H2,2-5H3. The molecular formula is C18H34O7. The molecule has 0 spiro atoms. The third-order valence-corrected chi connectivity index (χ3v) is 3.05. The smallest absolute Gasteiger partial charge is 0.330 e. The van der Waals surface area contributed by atoms with Gasteiger partial charge in [-0.1, -0.05) is 6.58 Å². The van der Waals surface area contributed by atoms with E-state index >= 15 is 0 Å². The van der Waals surface area contributed by atoms with Crippen LogP contribution in [0.25, 0.3) is 0 Å². The van der Waals surface area contributed by atoms with Crippen molar-refractivity contribution in [1.29, 1.82) is 0 Å². The van der Waals surface area contributed by atoms with Gasteiger partial charge in [0.2, 0.25) is 0 Å². The number of aliphatic hydroxyl groups excluding tert-OH is 1. The summed E-state index contributed by atoms with van der Waals surface area (Å²) in [6.45, 7) is 13.3. The number of aliphatic hydroxyl groups is 1. The Kier molecular flexibility index (Phi) is 14.7. The first-order chi connectivity index (χ1) is 11.8. The van der Waals surface area contributed by atoms with Gasteiger partial charge in [-0.3, -0.25) is 0 Å². The maximum absolute atomic E-state index is 10.8. The summed E-state index contributed by atoms with van der Waals surface area (Å²) in [6, 6.07) is 0. The lowest BCUT2D eigenvalue weighted by atomic mass is 10.3. The predicted octanol–water partition coefficient (Wildman–Crippen LogP) is 1.72. The van der Waals surface area contributed by atoms with Crippen molar-refractivity contribution in [3.8, 4) is 0 Å². The largest absolute Gasteiger partial charge is 0.462 e. The molecule has 7 heteroatoms. The molecule has 0 bridgehead atoms. The number of carbonyl (C=O) groups is 1. The van der Waals surface area contributed by atoms with E-state index in [9.17, 15) is 4.79 Å². The molecule has 7 nitrogen and oxygen atoms in total. The van der Waals surface area contributed by atoms with E-state index in [1.54, 1.807) is 6.92 Å². The van der Waals surface area contributed by atoms with Crippen LogP contribution in [0.3, 0.4) is 0 Å². The Labute approximate surface area is 151 Å². The van der Waals surface area contributed by atoms with Gasteiger partial charge in [0.1, 0.15) is 0 Å². The van der Waals surface area contributed by atoms with E-state index in [1.165, 1.54) is 0 Å². The molecule has 0 aliphatic carbocycles. The highest BCUT2D eigenvalue weighted by molar-refractivity contribution is 5.81. The molecule has 0 saturated heterocycles. The van der Waals surface area contributed by atoms with Crippen molar-refractivity contribution in [2.24, 2.45) is 0 Å². The highest BCUT2D eigenvalue weighted by Gasteiger charge is 2.10. The second-order valence-corrected chi connectivity index (χ2v) is 6.08. The summed E-state index contributed by atoms with van der Waals surface area (Å²) < 4.78 is 27.0. The lowest BCUT2D eigenvalue weighted by molar-refractivity contribution is -0.138. The van der Waals surface area contributed by atoms with Crippen LogP contribution in [0.1, 0.15) is 34.1 Å². The van der Waals surface area contributed by atoms with Crippen molar-refractivity contribution in [3.05, 3.63) is 12.7 Å². The molecule has 0 aliphatic heterocycles. The SMILES string of the molecule is C=CC(=O)OCCCOCC(C)OCC(C)OCC(C)OCC(C)O. The lowest BCUT2D eigenvalue weighted by Crippen LogP contribution is -2.27. The van der Waals surface area contributed by atoms with E-state index in [0.717, 1.165) is 6.08 Å². The topological polar surface area (TPSA) is 83.5 Å². The van der Waals surface area contributed by atoms with Gasteiger partial charge in [-0.05, 0) is 27.7 Å². The molecule has 0 heterocycles. The number of ether oxygens (including phenoxy) is 5. The zero-order valence-corrected chi connectivity index (χ0v) is 15.9. The fourth-order valence-electron chi connectivity index (χ4n) is 1.69. The highest BCUT2D eigenvalue weighted by atomic mass is 16.6. The minimum absolute atomic E-state index is 0.0503.